The third-order valence-corrected chi connectivity index (χ3v) is 4.67. The van der Waals surface area contributed by atoms with Gasteiger partial charge in [-0.2, -0.15) is 0 Å². The highest BCUT2D eigenvalue weighted by Gasteiger charge is 2.34. The Hall–Kier alpha value is -1.06. The van der Waals surface area contributed by atoms with Crippen molar-refractivity contribution in [1.82, 2.24) is 5.32 Å². The molecule has 2 atom stereocenters. The average Bonchev–Trinajstić information content (AvgIpc) is 2.42. The van der Waals surface area contributed by atoms with Gasteiger partial charge in [0, 0.05) is 18.7 Å². The highest BCUT2D eigenvalue weighted by molar-refractivity contribution is 5.37. The molecule has 1 aliphatic carbocycles. The predicted octanol–water partition coefficient (Wildman–Crippen LogP) is 3.10. The van der Waals surface area contributed by atoms with Gasteiger partial charge < -0.3 is 14.8 Å². The Morgan fingerprint density at radius 1 is 1.15 bits per heavy atom. The van der Waals surface area contributed by atoms with Crippen LogP contribution in [0, 0.1) is 0 Å². The van der Waals surface area contributed by atoms with Crippen LogP contribution in [0.15, 0.2) is 24.3 Å². The first-order valence-electron chi connectivity index (χ1n) is 7.77. The fourth-order valence-electron chi connectivity index (χ4n) is 3.49. The third kappa shape index (κ3) is 2.99. The zero-order valence-corrected chi connectivity index (χ0v) is 12.5. The summed E-state index contributed by atoms with van der Waals surface area (Å²) >= 11 is 0. The minimum atomic E-state index is 0.409. The maximum absolute atomic E-state index is 5.61. The summed E-state index contributed by atoms with van der Waals surface area (Å²) in [6, 6.07) is 9.73. The van der Waals surface area contributed by atoms with Crippen molar-refractivity contribution < 1.29 is 9.47 Å². The molecule has 1 aromatic carbocycles. The third-order valence-electron chi connectivity index (χ3n) is 4.67. The second-order valence-corrected chi connectivity index (χ2v) is 6.18. The molecule has 110 valence electrons. The lowest BCUT2D eigenvalue weighted by atomic mass is 9.75. The largest absolute Gasteiger partial charge is 0.496 e. The molecule has 2 aliphatic rings. The minimum Gasteiger partial charge on any atom is -0.496 e. The molecule has 2 unspecified atom stereocenters. The zero-order valence-electron chi connectivity index (χ0n) is 12.5. The molecule has 1 heterocycles. The van der Waals surface area contributed by atoms with Gasteiger partial charge in [0.05, 0.1) is 13.2 Å². The van der Waals surface area contributed by atoms with E-state index < -0.39 is 0 Å². The zero-order chi connectivity index (χ0) is 13.9. The van der Waals surface area contributed by atoms with Crippen LogP contribution in [-0.4, -0.2) is 31.9 Å². The molecular weight excluding hydrogens is 250 g/mol. The van der Waals surface area contributed by atoms with Gasteiger partial charge in [-0.15, -0.1) is 0 Å². The van der Waals surface area contributed by atoms with Gasteiger partial charge in [0.25, 0.3) is 0 Å². The Labute approximate surface area is 121 Å². The highest BCUT2D eigenvalue weighted by Crippen LogP contribution is 2.41. The van der Waals surface area contributed by atoms with Crippen LogP contribution in [0.4, 0.5) is 0 Å². The predicted molar refractivity (Wildman–Crippen MR) is 80.3 cm³/mol. The van der Waals surface area contributed by atoms with Crippen molar-refractivity contribution in [2.45, 2.75) is 56.7 Å². The first-order valence-corrected chi connectivity index (χ1v) is 7.77. The summed E-state index contributed by atoms with van der Waals surface area (Å²) in [6.07, 6.45) is 5.17. The number of ether oxygens (including phenoxy) is 2. The van der Waals surface area contributed by atoms with Crippen LogP contribution in [0.2, 0.25) is 0 Å². The van der Waals surface area contributed by atoms with Crippen LogP contribution in [0.1, 0.15) is 44.1 Å². The summed E-state index contributed by atoms with van der Waals surface area (Å²) in [7, 11) is 1.76. The molecule has 2 fully saturated rings. The van der Waals surface area contributed by atoms with E-state index in [0.717, 1.165) is 25.2 Å². The van der Waals surface area contributed by atoms with E-state index >= 15 is 0 Å². The van der Waals surface area contributed by atoms with Gasteiger partial charge in [-0.05, 0) is 50.2 Å². The molecule has 1 saturated carbocycles. The van der Waals surface area contributed by atoms with Crippen molar-refractivity contribution in [3.05, 3.63) is 29.8 Å². The topological polar surface area (TPSA) is 30.5 Å². The molecule has 3 rings (SSSR count). The van der Waals surface area contributed by atoms with Crippen LogP contribution in [0.25, 0.3) is 0 Å². The van der Waals surface area contributed by atoms with E-state index in [2.05, 4.69) is 30.4 Å². The molecule has 1 aromatic rings. The maximum Gasteiger partial charge on any atom is 0.122 e. The molecule has 3 nitrogen and oxygen atoms in total. The number of benzene rings is 1. The van der Waals surface area contributed by atoms with Crippen LogP contribution >= 0.6 is 0 Å². The van der Waals surface area contributed by atoms with Crippen molar-refractivity contribution in [1.29, 1.82) is 0 Å². The van der Waals surface area contributed by atoms with E-state index in [-0.39, 0.29) is 0 Å². The summed E-state index contributed by atoms with van der Waals surface area (Å²) in [4.78, 5) is 0. The van der Waals surface area contributed by atoms with Crippen LogP contribution < -0.4 is 10.1 Å². The molecule has 1 N–H and O–H groups in total. The van der Waals surface area contributed by atoms with Crippen molar-refractivity contribution in [3.8, 4) is 5.75 Å². The van der Waals surface area contributed by atoms with Crippen LogP contribution in [0.5, 0.6) is 5.75 Å². The molecule has 1 aliphatic heterocycles. The second-order valence-electron chi connectivity index (χ2n) is 6.18. The summed E-state index contributed by atoms with van der Waals surface area (Å²) in [5, 5.41) is 3.80. The molecule has 3 heteroatoms. The number of methoxy groups -OCH3 is 1. The fourth-order valence-corrected chi connectivity index (χ4v) is 3.49. The van der Waals surface area contributed by atoms with E-state index in [4.69, 9.17) is 9.47 Å². The summed E-state index contributed by atoms with van der Waals surface area (Å²) in [5.41, 5.74) is 1.37. The van der Waals surface area contributed by atoms with E-state index in [1.165, 1.54) is 18.4 Å². The maximum atomic E-state index is 5.61. The first kappa shape index (κ1) is 13.9. The van der Waals surface area contributed by atoms with Crippen LogP contribution in [-0.2, 0) is 4.74 Å². The van der Waals surface area contributed by atoms with E-state index in [1.807, 2.05) is 6.07 Å². The lowest BCUT2D eigenvalue weighted by Crippen LogP contribution is -2.48. The number of hydrogen-bond acceptors (Lipinski definition) is 3. The molecule has 0 amide bonds. The second kappa shape index (κ2) is 6.15. The van der Waals surface area contributed by atoms with Crippen LogP contribution in [0.3, 0.4) is 0 Å². The van der Waals surface area contributed by atoms with Gasteiger partial charge in [-0.1, -0.05) is 18.2 Å². The van der Waals surface area contributed by atoms with E-state index in [9.17, 15) is 0 Å². The Kier molecular flexibility index (Phi) is 4.27. The smallest absolute Gasteiger partial charge is 0.122 e. The minimum absolute atomic E-state index is 0.409. The molecule has 20 heavy (non-hydrogen) atoms. The van der Waals surface area contributed by atoms with Gasteiger partial charge in [0.15, 0.2) is 0 Å². The Morgan fingerprint density at radius 3 is 2.70 bits per heavy atom. The number of hydrogen-bond donors (Lipinski definition) is 1. The van der Waals surface area contributed by atoms with Gasteiger partial charge >= 0.3 is 0 Å². The number of rotatable bonds is 4. The summed E-state index contributed by atoms with van der Waals surface area (Å²) in [5.74, 6) is 1.69. The Bertz CT molecular complexity index is 442. The van der Waals surface area contributed by atoms with Crippen molar-refractivity contribution in [3.63, 3.8) is 0 Å². The van der Waals surface area contributed by atoms with Crippen molar-refractivity contribution in [2.24, 2.45) is 0 Å². The molecule has 0 radical (unpaired) electrons. The molecule has 0 aromatic heterocycles. The number of para-hydroxylation sites is 1. The van der Waals surface area contributed by atoms with Crippen molar-refractivity contribution in [2.75, 3.05) is 13.7 Å². The normalized spacial score (nSPS) is 33.5. The summed E-state index contributed by atoms with van der Waals surface area (Å²) in [6.45, 7) is 3.08. The monoisotopic (exact) mass is 275 g/mol. The van der Waals surface area contributed by atoms with Crippen molar-refractivity contribution >= 4 is 0 Å². The number of nitrogens with one attached hydrogen (secondary N) is 1. The van der Waals surface area contributed by atoms with Gasteiger partial charge in [0.2, 0.25) is 0 Å². The molecule has 0 spiro atoms. The Morgan fingerprint density at radius 2 is 1.95 bits per heavy atom. The molecule has 1 saturated heterocycles. The highest BCUT2D eigenvalue weighted by atomic mass is 16.5. The molecular formula is C17H25NO2. The average molecular weight is 275 g/mol. The van der Waals surface area contributed by atoms with E-state index in [0.29, 0.717) is 24.1 Å². The summed E-state index contributed by atoms with van der Waals surface area (Å²) < 4.78 is 11.1. The van der Waals surface area contributed by atoms with Gasteiger partial charge in [0.1, 0.15) is 5.75 Å². The standard InChI is InChI=1S/C17H25NO2/c1-12-9-14(7-8-20-12)18-15-10-13(11-15)16-5-3-4-6-17(16)19-2/h3-6,12-15,18H,7-11H2,1-2H3. The quantitative estimate of drug-likeness (QED) is 0.916. The van der Waals surface area contributed by atoms with Gasteiger partial charge in [-0.25, -0.2) is 0 Å². The Balaban J connectivity index is 1.51. The SMILES string of the molecule is COc1ccccc1C1CC(NC2CCOC(C)C2)C1. The van der Waals surface area contributed by atoms with Gasteiger partial charge in [-0.3, -0.25) is 0 Å². The fraction of sp³-hybridized carbons (Fsp3) is 0.647. The lowest BCUT2D eigenvalue weighted by Gasteiger charge is -2.40. The molecule has 0 bridgehead atoms. The van der Waals surface area contributed by atoms with E-state index in [1.54, 1.807) is 7.11 Å². The first-order chi connectivity index (χ1) is 9.76. The lowest BCUT2D eigenvalue weighted by molar-refractivity contribution is 0.00849.